The summed E-state index contributed by atoms with van der Waals surface area (Å²) in [4.78, 5) is 4.23. The Morgan fingerprint density at radius 1 is 1.35 bits per heavy atom. The molecule has 1 unspecified atom stereocenters. The number of fused-ring (bicyclic) bond motifs is 1. The third-order valence-corrected chi connectivity index (χ3v) is 4.08. The lowest BCUT2D eigenvalue weighted by Gasteiger charge is -2.17. The van der Waals surface area contributed by atoms with E-state index in [1.807, 2.05) is 0 Å². The standard InChI is InChI=1S/C16H30N6O/c1-13(12-23-3)19-16(17-2)18-10-7-9-15-21-20-14-8-5-4-6-11-22(14)15/h13H,4-12H2,1-3H3,(H2,17,18,19). The van der Waals surface area contributed by atoms with Crippen LogP contribution in [0.2, 0.25) is 0 Å². The summed E-state index contributed by atoms with van der Waals surface area (Å²) < 4.78 is 7.44. The monoisotopic (exact) mass is 322 g/mol. The summed E-state index contributed by atoms with van der Waals surface area (Å²) in [5.74, 6) is 3.10. The maximum atomic E-state index is 5.12. The van der Waals surface area contributed by atoms with Crippen molar-refractivity contribution in [3.63, 3.8) is 0 Å². The Hall–Kier alpha value is -1.63. The van der Waals surface area contributed by atoms with Gasteiger partial charge in [-0.05, 0) is 26.2 Å². The van der Waals surface area contributed by atoms with Crippen LogP contribution in [0.4, 0.5) is 0 Å². The van der Waals surface area contributed by atoms with E-state index in [2.05, 4.69) is 37.3 Å². The number of aryl methyl sites for hydroxylation is 2. The van der Waals surface area contributed by atoms with Crippen LogP contribution in [0.3, 0.4) is 0 Å². The topological polar surface area (TPSA) is 76.4 Å². The van der Waals surface area contributed by atoms with Gasteiger partial charge in [0.25, 0.3) is 0 Å². The van der Waals surface area contributed by atoms with Gasteiger partial charge in [0.15, 0.2) is 5.96 Å². The molecule has 0 fully saturated rings. The van der Waals surface area contributed by atoms with Crippen LogP contribution in [0, 0.1) is 0 Å². The van der Waals surface area contributed by atoms with Crippen molar-refractivity contribution in [2.24, 2.45) is 4.99 Å². The number of nitrogens with zero attached hydrogens (tertiary/aromatic N) is 4. The van der Waals surface area contributed by atoms with Crippen LogP contribution in [-0.4, -0.2) is 54.1 Å². The molecule has 0 aromatic carbocycles. The number of methoxy groups -OCH3 is 1. The molecule has 1 aromatic rings. The smallest absolute Gasteiger partial charge is 0.191 e. The molecular weight excluding hydrogens is 292 g/mol. The van der Waals surface area contributed by atoms with Gasteiger partial charge < -0.3 is 19.9 Å². The molecular formula is C16H30N6O. The molecule has 0 radical (unpaired) electrons. The van der Waals surface area contributed by atoms with Gasteiger partial charge in [-0.2, -0.15) is 0 Å². The molecule has 0 amide bonds. The summed E-state index contributed by atoms with van der Waals surface area (Å²) in [7, 11) is 3.49. The first-order valence-electron chi connectivity index (χ1n) is 8.61. The number of rotatable bonds is 7. The highest BCUT2D eigenvalue weighted by molar-refractivity contribution is 5.79. The van der Waals surface area contributed by atoms with E-state index >= 15 is 0 Å². The summed E-state index contributed by atoms with van der Waals surface area (Å²) in [6.45, 7) is 4.67. The highest BCUT2D eigenvalue weighted by atomic mass is 16.5. The van der Waals surface area contributed by atoms with Crippen molar-refractivity contribution in [2.45, 2.75) is 58.0 Å². The zero-order valence-electron chi connectivity index (χ0n) is 14.6. The first kappa shape index (κ1) is 17.7. The average Bonchev–Trinajstić information content (AvgIpc) is 2.77. The quantitative estimate of drug-likeness (QED) is 0.447. The second-order valence-electron chi connectivity index (χ2n) is 6.10. The molecule has 130 valence electrons. The van der Waals surface area contributed by atoms with Crippen LogP contribution < -0.4 is 10.6 Å². The van der Waals surface area contributed by atoms with Crippen molar-refractivity contribution in [1.82, 2.24) is 25.4 Å². The average molecular weight is 322 g/mol. The van der Waals surface area contributed by atoms with Gasteiger partial charge >= 0.3 is 0 Å². The minimum Gasteiger partial charge on any atom is -0.383 e. The Morgan fingerprint density at radius 2 is 2.22 bits per heavy atom. The van der Waals surface area contributed by atoms with Crippen molar-refractivity contribution in [3.8, 4) is 0 Å². The summed E-state index contributed by atoms with van der Waals surface area (Å²) in [6, 6.07) is 0.235. The predicted octanol–water partition coefficient (Wildman–Crippen LogP) is 1.14. The Kier molecular flexibility index (Phi) is 7.32. The molecule has 1 aliphatic rings. The fraction of sp³-hybridized carbons (Fsp3) is 0.812. The second kappa shape index (κ2) is 9.50. The van der Waals surface area contributed by atoms with Crippen molar-refractivity contribution < 1.29 is 4.74 Å². The molecule has 2 heterocycles. The number of aliphatic imine (C=N–C) groups is 1. The molecule has 7 heteroatoms. The van der Waals surface area contributed by atoms with E-state index in [1.165, 1.54) is 19.3 Å². The van der Waals surface area contributed by atoms with Gasteiger partial charge in [0, 0.05) is 46.1 Å². The van der Waals surface area contributed by atoms with E-state index in [9.17, 15) is 0 Å². The summed E-state index contributed by atoms with van der Waals surface area (Å²) in [6.07, 6.45) is 6.80. The Labute approximate surface area is 138 Å². The van der Waals surface area contributed by atoms with Gasteiger partial charge in [-0.1, -0.05) is 6.42 Å². The summed E-state index contributed by atoms with van der Waals surface area (Å²) in [5.41, 5.74) is 0. The third kappa shape index (κ3) is 5.49. The number of hydrogen-bond acceptors (Lipinski definition) is 4. The molecule has 2 N–H and O–H groups in total. The maximum Gasteiger partial charge on any atom is 0.191 e. The molecule has 1 aromatic heterocycles. The van der Waals surface area contributed by atoms with E-state index in [4.69, 9.17) is 4.74 Å². The Bertz CT molecular complexity index is 499. The molecule has 0 bridgehead atoms. The third-order valence-electron chi connectivity index (χ3n) is 4.08. The number of guanidine groups is 1. The summed E-state index contributed by atoms with van der Waals surface area (Å²) >= 11 is 0. The van der Waals surface area contributed by atoms with Crippen LogP contribution in [0.1, 0.15) is 44.3 Å². The number of aromatic nitrogens is 3. The van der Waals surface area contributed by atoms with Crippen LogP contribution in [0.25, 0.3) is 0 Å². The van der Waals surface area contributed by atoms with E-state index in [1.54, 1.807) is 14.2 Å². The lowest BCUT2D eigenvalue weighted by atomic mass is 10.2. The Morgan fingerprint density at radius 3 is 3.00 bits per heavy atom. The first-order valence-corrected chi connectivity index (χ1v) is 8.61. The fourth-order valence-electron chi connectivity index (χ4n) is 2.90. The molecule has 1 aliphatic heterocycles. The molecule has 0 saturated heterocycles. The lowest BCUT2D eigenvalue weighted by Crippen LogP contribution is -2.44. The fourth-order valence-corrected chi connectivity index (χ4v) is 2.90. The van der Waals surface area contributed by atoms with Crippen LogP contribution in [0.15, 0.2) is 4.99 Å². The molecule has 0 aliphatic carbocycles. The molecule has 23 heavy (non-hydrogen) atoms. The van der Waals surface area contributed by atoms with E-state index in [-0.39, 0.29) is 6.04 Å². The van der Waals surface area contributed by atoms with Crippen LogP contribution >= 0.6 is 0 Å². The minimum absolute atomic E-state index is 0.235. The first-order chi connectivity index (χ1) is 11.2. The number of hydrogen-bond donors (Lipinski definition) is 2. The predicted molar refractivity (Wildman–Crippen MR) is 91.7 cm³/mol. The van der Waals surface area contributed by atoms with Gasteiger partial charge in [-0.3, -0.25) is 4.99 Å². The molecule has 0 saturated carbocycles. The van der Waals surface area contributed by atoms with E-state index in [0.29, 0.717) is 6.61 Å². The minimum atomic E-state index is 0.235. The Balaban J connectivity index is 1.74. The van der Waals surface area contributed by atoms with Crippen molar-refractivity contribution in [1.29, 1.82) is 0 Å². The molecule has 2 rings (SSSR count). The number of nitrogens with one attached hydrogen (secondary N) is 2. The lowest BCUT2D eigenvalue weighted by molar-refractivity contribution is 0.179. The van der Waals surface area contributed by atoms with Crippen LogP contribution in [-0.2, 0) is 24.1 Å². The van der Waals surface area contributed by atoms with Gasteiger partial charge in [0.1, 0.15) is 11.6 Å². The zero-order chi connectivity index (χ0) is 16.5. The maximum absolute atomic E-state index is 5.12. The normalized spacial score (nSPS) is 16.6. The van der Waals surface area contributed by atoms with Gasteiger partial charge in [0.2, 0.25) is 0 Å². The molecule has 1 atom stereocenters. The zero-order valence-corrected chi connectivity index (χ0v) is 14.6. The number of ether oxygens (including phenoxy) is 1. The van der Waals surface area contributed by atoms with E-state index in [0.717, 1.165) is 50.0 Å². The van der Waals surface area contributed by atoms with Gasteiger partial charge in [-0.15, -0.1) is 10.2 Å². The molecule has 7 nitrogen and oxygen atoms in total. The largest absolute Gasteiger partial charge is 0.383 e. The second-order valence-corrected chi connectivity index (χ2v) is 6.10. The van der Waals surface area contributed by atoms with Crippen molar-refractivity contribution in [3.05, 3.63) is 11.6 Å². The summed E-state index contributed by atoms with van der Waals surface area (Å²) in [5, 5.41) is 15.4. The van der Waals surface area contributed by atoms with E-state index < -0.39 is 0 Å². The van der Waals surface area contributed by atoms with Crippen LogP contribution in [0.5, 0.6) is 0 Å². The molecule has 0 spiro atoms. The highest BCUT2D eigenvalue weighted by Crippen LogP contribution is 2.15. The van der Waals surface area contributed by atoms with Crippen molar-refractivity contribution in [2.75, 3.05) is 27.3 Å². The SMILES string of the molecule is CN=C(NCCCc1nnc2n1CCCCC2)NC(C)COC. The van der Waals surface area contributed by atoms with Gasteiger partial charge in [0.05, 0.1) is 6.61 Å². The van der Waals surface area contributed by atoms with Gasteiger partial charge in [-0.25, -0.2) is 0 Å². The highest BCUT2D eigenvalue weighted by Gasteiger charge is 2.14. The van der Waals surface area contributed by atoms with Crippen molar-refractivity contribution >= 4 is 5.96 Å².